The Bertz CT molecular complexity index is 420. The average molecular weight is 377 g/mol. The van der Waals surface area contributed by atoms with Gasteiger partial charge in [0, 0.05) is 0 Å². The van der Waals surface area contributed by atoms with Crippen molar-refractivity contribution in [1.82, 2.24) is 0 Å². The predicted molar refractivity (Wildman–Crippen MR) is 107 cm³/mol. The summed E-state index contributed by atoms with van der Waals surface area (Å²) in [7, 11) is -3.87. The molecule has 0 aliphatic rings. The van der Waals surface area contributed by atoms with Gasteiger partial charge in [-0.2, -0.15) is 0 Å². The normalized spacial score (nSPS) is 16.8. The number of carboxylic acid groups (broad SMARTS) is 1. The third-order valence-electron chi connectivity index (χ3n) is 5.80. The molecule has 0 aliphatic carbocycles. The lowest BCUT2D eigenvalue weighted by Gasteiger charge is -2.43. The van der Waals surface area contributed by atoms with Gasteiger partial charge in [-0.05, 0) is 42.2 Å². The summed E-state index contributed by atoms with van der Waals surface area (Å²) in [5, 5.41) is 9.39. The van der Waals surface area contributed by atoms with E-state index in [1.54, 1.807) is 0 Å². The molecule has 4 nitrogen and oxygen atoms in total. The summed E-state index contributed by atoms with van der Waals surface area (Å²) >= 11 is 0. The Labute approximate surface area is 151 Å². The molecule has 6 heteroatoms. The Balaban J connectivity index is 5.26. The summed E-state index contributed by atoms with van der Waals surface area (Å²) in [5.74, 6) is -0.847. The molecule has 2 unspecified atom stereocenters. The minimum absolute atomic E-state index is 0.0682. The molecule has 0 aliphatic heterocycles. The van der Waals surface area contributed by atoms with Crippen LogP contribution in [0.4, 0.5) is 0 Å². The fourth-order valence-corrected chi connectivity index (χ4v) is 4.21. The van der Waals surface area contributed by atoms with E-state index in [2.05, 4.69) is 67.7 Å². The lowest BCUT2D eigenvalue weighted by molar-refractivity contribution is -0.139. The molecule has 0 aromatic carbocycles. The molecule has 0 fully saturated rings. The van der Waals surface area contributed by atoms with Crippen LogP contribution >= 0.6 is 0 Å². The number of hydrogen-bond donors (Lipinski definition) is 1. The van der Waals surface area contributed by atoms with Crippen molar-refractivity contribution in [3.05, 3.63) is 0 Å². The molecule has 2 atom stereocenters. The lowest BCUT2D eigenvalue weighted by atomic mass is 10.0. The van der Waals surface area contributed by atoms with E-state index in [1.165, 1.54) is 0 Å². The Morgan fingerprint density at radius 2 is 1.38 bits per heavy atom. The predicted octanol–water partition coefficient (Wildman–Crippen LogP) is 5.51. The summed E-state index contributed by atoms with van der Waals surface area (Å²) in [4.78, 5) is 11.2. The third-order valence-corrected chi connectivity index (χ3v) is 14.8. The smallest absolute Gasteiger partial charge is 0.303 e. The summed E-state index contributed by atoms with van der Waals surface area (Å²) in [6.45, 7) is 24.5. The summed E-state index contributed by atoms with van der Waals surface area (Å²) in [6, 6.07) is 0. The number of rotatable bonds is 8. The molecular formula is C18H40O4Si2. The van der Waals surface area contributed by atoms with Gasteiger partial charge in [0.15, 0.2) is 16.6 Å². The monoisotopic (exact) mass is 376 g/mol. The van der Waals surface area contributed by atoms with Gasteiger partial charge in [-0.25, -0.2) is 0 Å². The molecule has 144 valence electrons. The zero-order valence-electron chi connectivity index (χ0n) is 17.7. The van der Waals surface area contributed by atoms with Crippen molar-refractivity contribution in [2.24, 2.45) is 5.92 Å². The maximum Gasteiger partial charge on any atom is 0.303 e. The van der Waals surface area contributed by atoms with Gasteiger partial charge in [-0.3, -0.25) is 4.79 Å². The molecule has 24 heavy (non-hydrogen) atoms. The van der Waals surface area contributed by atoms with Gasteiger partial charge >= 0.3 is 5.97 Å². The second-order valence-corrected chi connectivity index (χ2v) is 19.6. The zero-order chi connectivity index (χ0) is 19.6. The Morgan fingerprint density at radius 1 is 0.958 bits per heavy atom. The van der Waals surface area contributed by atoms with Crippen LogP contribution in [0.3, 0.4) is 0 Å². The van der Waals surface area contributed by atoms with E-state index in [0.717, 1.165) is 0 Å². The lowest BCUT2D eigenvalue weighted by Crippen LogP contribution is -2.49. The molecule has 0 aromatic rings. The highest BCUT2D eigenvalue weighted by atomic mass is 28.4. The first-order valence-corrected chi connectivity index (χ1v) is 14.8. The number of carbonyl (C=O) groups is 1. The van der Waals surface area contributed by atoms with Crippen LogP contribution in [0.2, 0.25) is 36.3 Å². The first-order valence-electron chi connectivity index (χ1n) is 8.94. The molecule has 1 N–H and O–H groups in total. The van der Waals surface area contributed by atoms with Crippen LogP contribution in [0.1, 0.15) is 54.9 Å². The van der Waals surface area contributed by atoms with Crippen molar-refractivity contribution >= 4 is 22.6 Å². The number of hydrogen-bond acceptors (Lipinski definition) is 3. The molecular weight excluding hydrogens is 336 g/mol. The van der Waals surface area contributed by atoms with E-state index in [9.17, 15) is 9.90 Å². The first kappa shape index (κ1) is 23.8. The van der Waals surface area contributed by atoms with Crippen molar-refractivity contribution in [1.29, 1.82) is 0 Å². The molecule has 0 bridgehead atoms. The molecule has 0 saturated heterocycles. The second kappa shape index (κ2) is 8.02. The third kappa shape index (κ3) is 6.98. The largest absolute Gasteiger partial charge is 0.481 e. The fraction of sp³-hybridized carbons (Fsp3) is 0.944. The first-order chi connectivity index (χ1) is 10.4. The van der Waals surface area contributed by atoms with E-state index < -0.39 is 22.6 Å². The fourth-order valence-electron chi connectivity index (χ4n) is 1.78. The van der Waals surface area contributed by atoms with Crippen LogP contribution in [0.5, 0.6) is 0 Å². The number of aliphatic carboxylic acids is 1. The second-order valence-electron chi connectivity index (χ2n) is 10.1. The molecule has 0 radical (unpaired) electrons. The minimum Gasteiger partial charge on any atom is -0.481 e. The molecule has 0 saturated carbocycles. The summed E-state index contributed by atoms with van der Waals surface area (Å²) < 4.78 is 12.9. The van der Waals surface area contributed by atoms with Gasteiger partial charge in [0.1, 0.15) is 0 Å². The quantitative estimate of drug-likeness (QED) is 0.567. The Hall–Kier alpha value is -0.176. The molecule has 0 spiro atoms. The van der Waals surface area contributed by atoms with Gasteiger partial charge in [-0.15, -0.1) is 0 Å². The highest BCUT2D eigenvalue weighted by Gasteiger charge is 2.42. The van der Waals surface area contributed by atoms with E-state index in [1.807, 2.05) is 6.92 Å². The maximum atomic E-state index is 11.2. The van der Waals surface area contributed by atoms with Gasteiger partial charge < -0.3 is 14.0 Å². The topological polar surface area (TPSA) is 55.8 Å². The SMILES string of the molecule is CC(CC(=O)O)C(CO[Si](C)(C)C(C)(C)C)O[Si](C)(C)C(C)(C)C. The van der Waals surface area contributed by atoms with Crippen molar-refractivity contribution < 1.29 is 18.8 Å². The number of carboxylic acids is 1. The van der Waals surface area contributed by atoms with Gasteiger partial charge in [-0.1, -0.05) is 48.5 Å². The van der Waals surface area contributed by atoms with E-state index in [0.29, 0.717) is 6.61 Å². The Morgan fingerprint density at radius 3 is 1.71 bits per heavy atom. The summed E-state index contributed by atoms with van der Waals surface area (Å²) in [5.41, 5.74) is 0. The molecule has 0 aromatic heterocycles. The highest BCUT2D eigenvalue weighted by molar-refractivity contribution is 6.74. The van der Waals surface area contributed by atoms with Gasteiger partial charge in [0.2, 0.25) is 0 Å². The van der Waals surface area contributed by atoms with Gasteiger partial charge in [0.05, 0.1) is 19.1 Å². The van der Waals surface area contributed by atoms with E-state index in [-0.39, 0.29) is 28.5 Å². The average Bonchev–Trinajstić information content (AvgIpc) is 2.30. The van der Waals surface area contributed by atoms with Crippen molar-refractivity contribution in [3.8, 4) is 0 Å². The van der Waals surface area contributed by atoms with Crippen LogP contribution < -0.4 is 0 Å². The molecule has 0 amide bonds. The van der Waals surface area contributed by atoms with Crippen LogP contribution in [-0.2, 0) is 13.6 Å². The van der Waals surface area contributed by atoms with Crippen molar-refractivity contribution in [2.75, 3.05) is 6.61 Å². The molecule has 0 heterocycles. The van der Waals surface area contributed by atoms with Crippen LogP contribution in [0.15, 0.2) is 0 Å². The van der Waals surface area contributed by atoms with Gasteiger partial charge in [0.25, 0.3) is 0 Å². The van der Waals surface area contributed by atoms with Crippen LogP contribution in [0.25, 0.3) is 0 Å². The van der Waals surface area contributed by atoms with Crippen LogP contribution in [0, 0.1) is 5.92 Å². The van der Waals surface area contributed by atoms with E-state index in [4.69, 9.17) is 8.85 Å². The summed E-state index contributed by atoms with van der Waals surface area (Å²) in [6.07, 6.45) is -0.0590. The van der Waals surface area contributed by atoms with Crippen LogP contribution in [-0.4, -0.2) is 40.4 Å². The van der Waals surface area contributed by atoms with E-state index >= 15 is 0 Å². The standard InChI is InChI=1S/C18H40O4Si2/c1-14(12-16(19)20)15(22-24(10,11)18(5,6)7)13-21-23(8,9)17(2,3)4/h14-15H,12-13H2,1-11H3,(H,19,20). The van der Waals surface area contributed by atoms with Crippen molar-refractivity contribution in [3.63, 3.8) is 0 Å². The minimum atomic E-state index is -1.98. The molecule has 0 rings (SSSR count). The zero-order valence-corrected chi connectivity index (χ0v) is 19.7. The highest BCUT2D eigenvalue weighted by Crippen LogP contribution is 2.40. The maximum absolute atomic E-state index is 11.2. The Kier molecular flexibility index (Phi) is 7.96. The van der Waals surface area contributed by atoms with Crippen molar-refractivity contribution in [2.45, 2.75) is 97.3 Å².